The van der Waals surface area contributed by atoms with E-state index in [-0.39, 0.29) is 17.2 Å². The summed E-state index contributed by atoms with van der Waals surface area (Å²) >= 11 is 2.79. The number of benzene rings is 1. The van der Waals surface area contributed by atoms with Crippen molar-refractivity contribution in [2.45, 2.75) is 37.4 Å². The van der Waals surface area contributed by atoms with Gasteiger partial charge in [0, 0.05) is 30.6 Å². The second-order valence-electron chi connectivity index (χ2n) is 7.74. The van der Waals surface area contributed by atoms with E-state index in [2.05, 4.69) is 6.58 Å². The topological polar surface area (TPSA) is 64.4 Å². The largest absolute Gasteiger partial charge is 0.497 e. The van der Waals surface area contributed by atoms with Crippen LogP contribution in [0.4, 0.5) is 0 Å². The molecule has 3 heterocycles. The fourth-order valence-electron chi connectivity index (χ4n) is 3.93. The Balaban J connectivity index is 1.64. The molecular weight excluding hydrogens is 442 g/mol. The summed E-state index contributed by atoms with van der Waals surface area (Å²) in [5.74, 6) is 1.16. The number of fused-ring (bicyclic) bond motifs is 1. The van der Waals surface area contributed by atoms with Crippen LogP contribution in [0.3, 0.4) is 0 Å². The smallest absolute Gasteiger partial charge is 0.263 e. The molecular formula is C24H27N3O3S2. The van der Waals surface area contributed by atoms with Crippen molar-refractivity contribution < 1.29 is 9.53 Å². The number of carbonyl (C=O) groups excluding carboxylic acids is 1. The maximum absolute atomic E-state index is 13.5. The second-order valence-corrected chi connectivity index (χ2v) is 9.54. The van der Waals surface area contributed by atoms with Crippen molar-refractivity contribution in [2.75, 3.05) is 26.0 Å². The number of carbonyl (C=O) groups is 1. The highest BCUT2D eigenvalue weighted by Gasteiger charge is 2.20. The van der Waals surface area contributed by atoms with Gasteiger partial charge in [0.25, 0.3) is 5.56 Å². The van der Waals surface area contributed by atoms with E-state index >= 15 is 0 Å². The minimum atomic E-state index is -0.105. The van der Waals surface area contributed by atoms with Gasteiger partial charge < -0.3 is 9.64 Å². The summed E-state index contributed by atoms with van der Waals surface area (Å²) in [6.07, 6.45) is 6.18. The van der Waals surface area contributed by atoms with E-state index in [1.54, 1.807) is 17.8 Å². The van der Waals surface area contributed by atoms with E-state index in [4.69, 9.17) is 9.72 Å². The Hall–Kier alpha value is -2.58. The lowest BCUT2D eigenvalue weighted by atomic mass is 10.1. The molecule has 32 heavy (non-hydrogen) atoms. The van der Waals surface area contributed by atoms with E-state index in [1.807, 2.05) is 34.5 Å². The maximum atomic E-state index is 13.5. The molecule has 1 aliphatic rings. The zero-order valence-corrected chi connectivity index (χ0v) is 19.8. The van der Waals surface area contributed by atoms with Crippen LogP contribution < -0.4 is 10.3 Å². The van der Waals surface area contributed by atoms with Crippen LogP contribution in [0.5, 0.6) is 5.75 Å². The Morgan fingerprint density at radius 1 is 1.22 bits per heavy atom. The van der Waals surface area contributed by atoms with Crippen molar-refractivity contribution in [3.05, 3.63) is 52.7 Å². The lowest BCUT2D eigenvalue weighted by Crippen LogP contribution is -2.33. The van der Waals surface area contributed by atoms with Crippen LogP contribution in [-0.4, -0.2) is 46.3 Å². The summed E-state index contributed by atoms with van der Waals surface area (Å²) in [7, 11) is 1.63. The highest BCUT2D eigenvalue weighted by molar-refractivity contribution is 7.99. The normalized spacial score (nSPS) is 14.3. The number of hydrogen-bond acceptors (Lipinski definition) is 6. The van der Waals surface area contributed by atoms with Gasteiger partial charge in [-0.25, -0.2) is 4.98 Å². The number of likely N-dealkylation sites (tertiary alicyclic amines) is 1. The summed E-state index contributed by atoms with van der Waals surface area (Å²) in [5, 5.41) is 3.13. The third-order valence-electron chi connectivity index (χ3n) is 5.65. The van der Waals surface area contributed by atoms with Crippen LogP contribution in [0.15, 0.2) is 52.3 Å². The van der Waals surface area contributed by atoms with Crippen molar-refractivity contribution in [2.24, 2.45) is 0 Å². The van der Waals surface area contributed by atoms with E-state index in [9.17, 15) is 9.59 Å². The Bertz CT molecular complexity index is 1160. The van der Waals surface area contributed by atoms with Crippen LogP contribution in [0.1, 0.15) is 25.7 Å². The first-order valence-corrected chi connectivity index (χ1v) is 12.7. The Morgan fingerprint density at radius 2 is 1.94 bits per heavy atom. The second kappa shape index (κ2) is 10.4. The minimum absolute atomic E-state index is 0.105. The van der Waals surface area contributed by atoms with Gasteiger partial charge in [-0.1, -0.05) is 42.8 Å². The van der Waals surface area contributed by atoms with Gasteiger partial charge >= 0.3 is 0 Å². The summed E-state index contributed by atoms with van der Waals surface area (Å²) in [6.45, 7) is 5.79. The standard InChI is InChI=1S/C24H27N3O3S2/c1-3-12-27-23(29)21-19(17-8-10-18(30-2)11-9-17)15-31-22(21)25-24(27)32-16-20(28)26-13-6-4-5-7-14-26/h3,8-11,15H,1,4-7,12-14,16H2,2H3. The number of ether oxygens (including phenoxy) is 1. The molecule has 4 rings (SSSR count). The molecule has 0 spiro atoms. The first kappa shape index (κ1) is 22.6. The molecule has 6 nitrogen and oxygen atoms in total. The predicted octanol–water partition coefficient (Wildman–Crippen LogP) is 4.81. The lowest BCUT2D eigenvalue weighted by molar-refractivity contribution is -0.128. The Labute approximate surface area is 195 Å². The summed E-state index contributed by atoms with van der Waals surface area (Å²) in [6, 6.07) is 7.65. The number of thiophene rings is 1. The molecule has 1 amide bonds. The molecule has 0 unspecified atom stereocenters. The first-order valence-electron chi connectivity index (χ1n) is 10.8. The van der Waals surface area contributed by atoms with E-state index in [0.29, 0.717) is 21.9 Å². The Kier molecular flexibility index (Phi) is 7.32. The predicted molar refractivity (Wildman–Crippen MR) is 132 cm³/mol. The fourth-order valence-corrected chi connectivity index (χ4v) is 5.83. The minimum Gasteiger partial charge on any atom is -0.497 e. The molecule has 8 heteroatoms. The summed E-state index contributed by atoms with van der Waals surface area (Å²) < 4.78 is 6.86. The van der Waals surface area contributed by atoms with Gasteiger partial charge in [0.1, 0.15) is 10.6 Å². The molecule has 168 valence electrons. The monoisotopic (exact) mass is 469 g/mol. The molecule has 2 aromatic heterocycles. The first-order chi connectivity index (χ1) is 15.6. The van der Waals surface area contributed by atoms with Crippen LogP contribution >= 0.6 is 23.1 Å². The van der Waals surface area contributed by atoms with Gasteiger partial charge in [-0.3, -0.25) is 14.2 Å². The average Bonchev–Trinajstić information content (AvgIpc) is 3.05. The molecule has 3 aromatic rings. The molecule has 0 bridgehead atoms. The Morgan fingerprint density at radius 3 is 2.59 bits per heavy atom. The lowest BCUT2D eigenvalue weighted by Gasteiger charge is -2.20. The van der Waals surface area contributed by atoms with Crippen molar-refractivity contribution in [1.29, 1.82) is 0 Å². The van der Waals surface area contributed by atoms with Crippen LogP contribution in [-0.2, 0) is 11.3 Å². The zero-order chi connectivity index (χ0) is 22.5. The molecule has 1 fully saturated rings. The van der Waals surface area contributed by atoms with Crippen LogP contribution in [0.25, 0.3) is 21.3 Å². The van der Waals surface area contributed by atoms with Crippen molar-refractivity contribution in [3.63, 3.8) is 0 Å². The number of hydrogen-bond donors (Lipinski definition) is 0. The number of methoxy groups -OCH3 is 1. The van der Waals surface area contributed by atoms with E-state index in [0.717, 1.165) is 42.8 Å². The summed E-state index contributed by atoms with van der Waals surface area (Å²) in [5.41, 5.74) is 1.70. The van der Waals surface area contributed by atoms with Gasteiger partial charge in [0.2, 0.25) is 5.91 Å². The number of nitrogens with zero attached hydrogens (tertiary/aromatic N) is 3. The van der Waals surface area contributed by atoms with E-state index < -0.39 is 0 Å². The van der Waals surface area contributed by atoms with Gasteiger partial charge in [-0.15, -0.1) is 17.9 Å². The highest BCUT2D eigenvalue weighted by atomic mass is 32.2. The van der Waals surface area contributed by atoms with Gasteiger partial charge in [0.15, 0.2) is 5.16 Å². The van der Waals surface area contributed by atoms with Crippen molar-refractivity contribution >= 4 is 39.2 Å². The van der Waals surface area contributed by atoms with Crippen LogP contribution in [0, 0.1) is 0 Å². The van der Waals surface area contributed by atoms with Crippen LogP contribution in [0.2, 0.25) is 0 Å². The molecule has 1 aliphatic heterocycles. The molecule has 1 aromatic carbocycles. The van der Waals surface area contributed by atoms with Gasteiger partial charge in [0.05, 0.1) is 18.2 Å². The number of thioether (sulfide) groups is 1. The maximum Gasteiger partial charge on any atom is 0.263 e. The van der Waals surface area contributed by atoms with Crippen molar-refractivity contribution in [1.82, 2.24) is 14.5 Å². The third-order valence-corrected chi connectivity index (χ3v) is 7.49. The third kappa shape index (κ3) is 4.76. The van der Waals surface area contributed by atoms with Gasteiger partial charge in [-0.05, 0) is 30.5 Å². The molecule has 0 aliphatic carbocycles. The highest BCUT2D eigenvalue weighted by Crippen LogP contribution is 2.33. The van der Waals surface area contributed by atoms with Gasteiger partial charge in [-0.2, -0.15) is 0 Å². The number of amides is 1. The van der Waals surface area contributed by atoms with Crippen molar-refractivity contribution in [3.8, 4) is 16.9 Å². The summed E-state index contributed by atoms with van der Waals surface area (Å²) in [4.78, 5) is 33.6. The number of allylic oxidation sites excluding steroid dienone is 1. The molecule has 0 atom stereocenters. The quantitative estimate of drug-likeness (QED) is 0.282. The SMILES string of the molecule is C=CCn1c(SCC(=O)N2CCCCCC2)nc2scc(-c3ccc(OC)cc3)c2c1=O. The van der Waals surface area contributed by atoms with E-state index in [1.165, 1.54) is 35.9 Å². The molecule has 0 radical (unpaired) electrons. The average molecular weight is 470 g/mol. The fraction of sp³-hybridized carbons (Fsp3) is 0.375. The molecule has 1 saturated heterocycles. The zero-order valence-electron chi connectivity index (χ0n) is 18.2. The number of aromatic nitrogens is 2. The molecule has 0 N–H and O–H groups in total. The molecule has 0 saturated carbocycles. The number of rotatable bonds is 7.